The lowest BCUT2D eigenvalue weighted by molar-refractivity contribution is 0.0303. The number of morpholine rings is 1. The normalized spacial score (nSPS) is 23.1. The number of nitrogens with two attached hydrogens (primary N) is 1. The van der Waals surface area contributed by atoms with Crippen LogP contribution in [0, 0.1) is 0 Å². The van der Waals surface area contributed by atoms with Gasteiger partial charge in [0, 0.05) is 30.5 Å². The van der Waals surface area contributed by atoms with Crippen molar-refractivity contribution in [3.05, 3.63) is 42.6 Å². The van der Waals surface area contributed by atoms with E-state index in [-0.39, 0.29) is 0 Å². The van der Waals surface area contributed by atoms with E-state index in [0.717, 1.165) is 48.5 Å². The third-order valence-corrected chi connectivity index (χ3v) is 4.88. The second-order valence-corrected chi connectivity index (χ2v) is 6.58. The molecule has 6 heteroatoms. The Morgan fingerprint density at radius 3 is 2.54 bits per heavy atom. The number of benzene rings is 1. The minimum Gasteiger partial charge on any atom is -0.399 e. The molecule has 0 amide bonds. The van der Waals surface area contributed by atoms with Gasteiger partial charge in [-0.2, -0.15) is 0 Å². The van der Waals surface area contributed by atoms with Crippen LogP contribution in [-0.4, -0.2) is 39.9 Å². The van der Waals surface area contributed by atoms with E-state index >= 15 is 0 Å². The van der Waals surface area contributed by atoms with Crippen molar-refractivity contribution >= 4 is 17.0 Å². The fourth-order valence-corrected chi connectivity index (χ4v) is 3.69. The van der Waals surface area contributed by atoms with Crippen molar-refractivity contribution < 1.29 is 4.74 Å². The van der Waals surface area contributed by atoms with Crippen molar-refractivity contribution in [2.24, 2.45) is 0 Å². The van der Waals surface area contributed by atoms with E-state index in [1.807, 2.05) is 41.0 Å². The summed E-state index contributed by atoms with van der Waals surface area (Å²) in [5.74, 6) is 1.70. The van der Waals surface area contributed by atoms with Crippen molar-refractivity contribution in [1.82, 2.24) is 14.6 Å². The quantitative estimate of drug-likeness (QED) is 0.734. The molecule has 2 saturated heterocycles. The highest BCUT2D eigenvalue weighted by Crippen LogP contribution is 2.31. The van der Waals surface area contributed by atoms with Crippen LogP contribution in [0.3, 0.4) is 0 Å². The molecule has 0 unspecified atom stereocenters. The molecule has 2 N–H and O–H groups in total. The highest BCUT2D eigenvalue weighted by molar-refractivity contribution is 5.72. The average Bonchev–Trinajstić information content (AvgIpc) is 3.20. The highest BCUT2D eigenvalue weighted by Gasteiger charge is 2.35. The van der Waals surface area contributed by atoms with Crippen LogP contribution in [0.4, 0.5) is 11.5 Å². The number of aromatic nitrogens is 3. The summed E-state index contributed by atoms with van der Waals surface area (Å²) >= 11 is 0. The lowest BCUT2D eigenvalue weighted by Gasteiger charge is -2.33. The first kappa shape index (κ1) is 13.8. The maximum atomic E-state index is 5.96. The summed E-state index contributed by atoms with van der Waals surface area (Å²) in [7, 11) is 0. The van der Waals surface area contributed by atoms with Gasteiger partial charge in [-0.1, -0.05) is 0 Å². The lowest BCUT2D eigenvalue weighted by Crippen LogP contribution is -2.43. The predicted molar refractivity (Wildman–Crippen MR) is 92.9 cm³/mol. The first-order valence-electron chi connectivity index (χ1n) is 8.38. The molecule has 2 aromatic heterocycles. The minimum absolute atomic E-state index is 0.328. The molecule has 24 heavy (non-hydrogen) atoms. The van der Waals surface area contributed by atoms with E-state index in [1.54, 1.807) is 0 Å². The van der Waals surface area contributed by atoms with Crippen LogP contribution < -0.4 is 10.6 Å². The summed E-state index contributed by atoms with van der Waals surface area (Å²) < 4.78 is 7.87. The van der Waals surface area contributed by atoms with Gasteiger partial charge in [-0.3, -0.25) is 0 Å². The molecule has 0 aliphatic carbocycles. The summed E-state index contributed by atoms with van der Waals surface area (Å²) in [6, 6.07) is 11.8. The van der Waals surface area contributed by atoms with E-state index in [0.29, 0.717) is 18.0 Å². The van der Waals surface area contributed by atoms with Gasteiger partial charge in [0.05, 0.1) is 12.2 Å². The Morgan fingerprint density at radius 1 is 1.04 bits per heavy atom. The van der Waals surface area contributed by atoms with Gasteiger partial charge in [0.25, 0.3) is 0 Å². The fourth-order valence-electron chi connectivity index (χ4n) is 3.69. The number of rotatable bonds is 2. The van der Waals surface area contributed by atoms with Gasteiger partial charge in [-0.15, -0.1) is 5.10 Å². The molecule has 1 aromatic carbocycles. The number of nitrogens with zero attached hydrogens (tertiary/aromatic N) is 4. The van der Waals surface area contributed by atoms with Gasteiger partial charge in [0.2, 0.25) is 0 Å². The summed E-state index contributed by atoms with van der Waals surface area (Å²) in [5.41, 5.74) is 8.54. The first-order valence-corrected chi connectivity index (χ1v) is 8.38. The third-order valence-electron chi connectivity index (χ3n) is 4.88. The number of fused-ring (bicyclic) bond motifs is 3. The summed E-state index contributed by atoms with van der Waals surface area (Å²) in [6.45, 7) is 1.80. The van der Waals surface area contributed by atoms with Crippen LogP contribution >= 0.6 is 0 Å². The topological polar surface area (TPSA) is 68.7 Å². The van der Waals surface area contributed by atoms with Crippen molar-refractivity contribution in [3.63, 3.8) is 0 Å². The van der Waals surface area contributed by atoms with Gasteiger partial charge in [-0.05, 0) is 49.2 Å². The molecule has 3 aromatic rings. The van der Waals surface area contributed by atoms with E-state index in [9.17, 15) is 0 Å². The Balaban J connectivity index is 1.62. The van der Waals surface area contributed by atoms with Crippen LogP contribution in [0.5, 0.6) is 0 Å². The van der Waals surface area contributed by atoms with E-state index in [1.165, 1.54) is 0 Å². The number of hydrogen-bond acceptors (Lipinski definition) is 5. The number of anilines is 2. The van der Waals surface area contributed by atoms with Gasteiger partial charge < -0.3 is 15.4 Å². The predicted octanol–water partition coefficient (Wildman–Crippen LogP) is 2.35. The SMILES string of the molecule is Nc1ccc(-c2nc(N3C[C@H]4CC[C@@H](C3)O4)c3cccn3n2)cc1. The van der Waals surface area contributed by atoms with Gasteiger partial charge in [0.1, 0.15) is 5.52 Å². The molecular weight excluding hydrogens is 302 g/mol. The van der Waals surface area contributed by atoms with Crippen molar-refractivity contribution in [3.8, 4) is 11.4 Å². The van der Waals surface area contributed by atoms with Gasteiger partial charge >= 0.3 is 0 Å². The van der Waals surface area contributed by atoms with Crippen LogP contribution in [0.1, 0.15) is 12.8 Å². The molecule has 2 aliphatic rings. The maximum Gasteiger partial charge on any atom is 0.182 e. The van der Waals surface area contributed by atoms with Crippen LogP contribution in [-0.2, 0) is 4.74 Å². The van der Waals surface area contributed by atoms with Crippen LogP contribution in [0.25, 0.3) is 16.9 Å². The number of ether oxygens (including phenoxy) is 1. The van der Waals surface area contributed by atoms with E-state index in [4.69, 9.17) is 15.5 Å². The third kappa shape index (κ3) is 2.22. The molecule has 0 saturated carbocycles. The first-order chi connectivity index (χ1) is 11.8. The molecule has 4 heterocycles. The maximum absolute atomic E-state index is 5.96. The van der Waals surface area contributed by atoms with Crippen molar-refractivity contribution in [1.29, 1.82) is 0 Å². The zero-order chi connectivity index (χ0) is 16.1. The molecule has 0 radical (unpaired) electrons. The molecule has 6 nitrogen and oxygen atoms in total. The van der Waals surface area contributed by atoms with Gasteiger partial charge in [0.15, 0.2) is 11.6 Å². The zero-order valence-electron chi connectivity index (χ0n) is 13.3. The molecule has 2 aliphatic heterocycles. The molecule has 122 valence electrons. The average molecular weight is 321 g/mol. The summed E-state index contributed by atoms with van der Waals surface area (Å²) in [5, 5.41) is 4.65. The molecule has 2 atom stereocenters. The Kier molecular flexibility index (Phi) is 2.99. The molecule has 2 bridgehead atoms. The Morgan fingerprint density at radius 2 is 1.79 bits per heavy atom. The van der Waals surface area contributed by atoms with Gasteiger partial charge in [-0.25, -0.2) is 9.50 Å². The zero-order valence-corrected chi connectivity index (χ0v) is 13.3. The lowest BCUT2D eigenvalue weighted by atomic mass is 10.2. The number of hydrogen-bond donors (Lipinski definition) is 1. The summed E-state index contributed by atoms with van der Waals surface area (Å²) in [4.78, 5) is 7.24. The standard InChI is InChI=1S/C18H19N5O/c19-13-5-3-12(4-6-13)17-20-18(16-2-1-9-23(16)21-17)22-10-14-7-8-15(11-22)24-14/h1-6,9,14-15H,7-8,10-11,19H2/t14-,15+. The molecule has 5 rings (SSSR count). The molecule has 0 spiro atoms. The Hall–Kier alpha value is -2.60. The van der Waals surface area contributed by atoms with Crippen LogP contribution in [0.15, 0.2) is 42.6 Å². The summed E-state index contributed by atoms with van der Waals surface area (Å²) in [6.07, 6.45) is 4.92. The largest absolute Gasteiger partial charge is 0.399 e. The van der Waals surface area contributed by atoms with E-state index in [2.05, 4.69) is 16.1 Å². The Bertz CT molecular complexity index is 876. The second kappa shape index (κ2) is 5.21. The number of nitrogen functional groups attached to an aromatic ring is 1. The Labute approximate surface area is 139 Å². The van der Waals surface area contributed by atoms with E-state index < -0.39 is 0 Å². The highest BCUT2D eigenvalue weighted by atomic mass is 16.5. The van der Waals surface area contributed by atoms with Crippen molar-refractivity contribution in [2.75, 3.05) is 23.7 Å². The van der Waals surface area contributed by atoms with Crippen LogP contribution in [0.2, 0.25) is 0 Å². The molecule has 2 fully saturated rings. The fraction of sp³-hybridized carbons (Fsp3) is 0.333. The second-order valence-electron chi connectivity index (χ2n) is 6.58. The molecular formula is C18H19N5O. The monoisotopic (exact) mass is 321 g/mol. The smallest absolute Gasteiger partial charge is 0.182 e. The van der Waals surface area contributed by atoms with Crippen molar-refractivity contribution in [2.45, 2.75) is 25.0 Å². The minimum atomic E-state index is 0.328.